The molecule has 8 heteroatoms. The zero-order valence-electron chi connectivity index (χ0n) is 12.0. The molecule has 0 aliphatic rings. The molecule has 0 unspecified atom stereocenters. The standard InChI is InChI=1S/C11H6F2N.C5H4N2O2.Ir/c12-8-4-5-9(10(13)7-8)11-3-1-2-6-14-11;8-5(9)4-3-6-1-2-7-4;/h1-4,6-7H;1-3H,(H,8,9);/q-1;;. The second kappa shape index (κ2) is 9.54. The van der Waals surface area contributed by atoms with Crippen molar-refractivity contribution in [1.82, 2.24) is 15.0 Å². The maximum Gasteiger partial charge on any atom is 0.356 e. The Hall–Kier alpha value is -2.57. The second-order valence-corrected chi connectivity index (χ2v) is 4.15. The Balaban J connectivity index is 0.000000252. The van der Waals surface area contributed by atoms with Crippen LogP contribution in [0.2, 0.25) is 0 Å². The zero-order chi connectivity index (χ0) is 16.7. The maximum atomic E-state index is 13.2. The van der Waals surface area contributed by atoms with Gasteiger partial charge < -0.3 is 10.1 Å². The van der Waals surface area contributed by atoms with Crippen LogP contribution in [0, 0.1) is 17.7 Å². The molecule has 3 aromatic rings. The number of carbonyl (C=O) groups is 1. The number of carboxylic acid groups (broad SMARTS) is 1. The van der Waals surface area contributed by atoms with E-state index in [0.29, 0.717) is 5.69 Å². The fourth-order valence-corrected chi connectivity index (χ4v) is 1.56. The van der Waals surface area contributed by atoms with Crippen molar-refractivity contribution in [3.8, 4) is 11.3 Å². The Kier molecular flexibility index (Phi) is 7.74. The van der Waals surface area contributed by atoms with Crippen LogP contribution in [0.5, 0.6) is 0 Å². The fraction of sp³-hybridized carbons (Fsp3) is 0. The topological polar surface area (TPSA) is 76.0 Å². The minimum Gasteiger partial charge on any atom is -0.476 e. The van der Waals surface area contributed by atoms with E-state index < -0.39 is 17.6 Å². The SMILES string of the molecule is Fc1c[c-]c(-c2ccccn2)c(F)c1.O=C(O)c1cnccn1.[Ir]. The van der Waals surface area contributed by atoms with E-state index in [0.717, 1.165) is 12.1 Å². The summed E-state index contributed by atoms with van der Waals surface area (Å²) in [6, 6.07) is 9.53. The number of benzene rings is 1. The normalized spacial score (nSPS) is 9.25. The van der Waals surface area contributed by atoms with Gasteiger partial charge in [-0.15, -0.1) is 12.1 Å². The molecule has 0 fully saturated rings. The molecule has 0 spiro atoms. The number of aromatic carboxylic acids is 1. The Morgan fingerprint density at radius 3 is 2.42 bits per heavy atom. The molecule has 2 heterocycles. The predicted molar refractivity (Wildman–Crippen MR) is 77.4 cm³/mol. The number of hydrogen-bond acceptors (Lipinski definition) is 4. The molecule has 24 heavy (non-hydrogen) atoms. The quantitative estimate of drug-likeness (QED) is 0.541. The minimum atomic E-state index is -1.05. The van der Waals surface area contributed by atoms with Gasteiger partial charge in [-0.05, 0) is 11.8 Å². The summed E-state index contributed by atoms with van der Waals surface area (Å²) < 4.78 is 25.8. The van der Waals surface area contributed by atoms with Gasteiger partial charge in [0.15, 0.2) is 5.69 Å². The zero-order valence-corrected chi connectivity index (χ0v) is 14.4. The number of halogens is 2. The van der Waals surface area contributed by atoms with Gasteiger partial charge in [-0.25, -0.2) is 9.78 Å². The molecule has 0 amide bonds. The predicted octanol–water partition coefficient (Wildman–Crippen LogP) is 3.00. The van der Waals surface area contributed by atoms with Crippen molar-refractivity contribution in [3.05, 3.63) is 78.5 Å². The first kappa shape index (κ1) is 19.5. The number of rotatable bonds is 2. The van der Waals surface area contributed by atoms with Gasteiger partial charge in [-0.2, -0.15) is 0 Å². The molecule has 0 bridgehead atoms. The van der Waals surface area contributed by atoms with Crippen LogP contribution < -0.4 is 0 Å². The molecule has 0 aliphatic heterocycles. The first-order valence-electron chi connectivity index (χ1n) is 6.35. The van der Waals surface area contributed by atoms with Crippen molar-refractivity contribution in [2.24, 2.45) is 0 Å². The van der Waals surface area contributed by atoms with Crippen LogP contribution in [0.15, 0.2) is 55.1 Å². The molecule has 1 aromatic carbocycles. The molecule has 125 valence electrons. The third-order valence-electron chi connectivity index (χ3n) is 2.56. The van der Waals surface area contributed by atoms with Crippen molar-refractivity contribution >= 4 is 5.97 Å². The van der Waals surface area contributed by atoms with Gasteiger partial charge >= 0.3 is 5.97 Å². The number of hydrogen-bond donors (Lipinski definition) is 1. The summed E-state index contributed by atoms with van der Waals surface area (Å²) in [4.78, 5) is 21.1. The Morgan fingerprint density at radius 1 is 1.12 bits per heavy atom. The molecular formula is C16H10F2IrN3O2-. The molecule has 0 saturated heterocycles. The van der Waals surface area contributed by atoms with Crippen LogP contribution in [0.3, 0.4) is 0 Å². The second-order valence-electron chi connectivity index (χ2n) is 4.15. The van der Waals surface area contributed by atoms with E-state index in [9.17, 15) is 13.6 Å². The third-order valence-corrected chi connectivity index (χ3v) is 2.56. The Labute approximate surface area is 149 Å². The summed E-state index contributed by atoms with van der Waals surface area (Å²) in [5, 5.41) is 8.28. The molecule has 0 atom stereocenters. The fourth-order valence-electron chi connectivity index (χ4n) is 1.56. The van der Waals surface area contributed by atoms with Crippen molar-refractivity contribution in [2.75, 3.05) is 0 Å². The number of carboxylic acids is 1. The van der Waals surface area contributed by atoms with Gasteiger partial charge in [-0.3, -0.25) is 13.8 Å². The number of nitrogens with zero attached hydrogens (tertiary/aromatic N) is 3. The largest absolute Gasteiger partial charge is 0.476 e. The Morgan fingerprint density at radius 2 is 1.92 bits per heavy atom. The summed E-state index contributed by atoms with van der Waals surface area (Å²) >= 11 is 0. The van der Waals surface area contributed by atoms with Crippen LogP contribution in [0.25, 0.3) is 11.3 Å². The third kappa shape index (κ3) is 5.57. The summed E-state index contributed by atoms with van der Waals surface area (Å²) in [5.41, 5.74) is 0.606. The van der Waals surface area contributed by atoms with Crippen molar-refractivity contribution < 1.29 is 38.8 Å². The molecule has 3 rings (SSSR count). The van der Waals surface area contributed by atoms with E-state index in [1.807, 2.05) is 0 Å². The van der Waals surface area contributed by atoms with Crippen molar-refractivity contribution in [1.29, 1.82) is 0 Å². The summed E-state index contributed by atoms with van der Waals surface area (Å²) in [7, 11) is 0. The van der Waals surface area contributed by atoms with Crippen LogP contribution in [0.1, 0.15) is 10.5 Å². The van der Waals surface area contributed by atoms with Crippen LogP contribution in [0.4, 0.5) is 8.78 Å². The molecule has 1 N–H and O–H groups in total. The van der Waals surface area contributed by atoms with Gasteiger partial charge in [0.1, 0.15) is 0 Å². The van der Waals surface area contributed by atoms with E-state index in [1.54, 1.807) is 24.4 Å². The monoisotopic (exact) mass is 507 g/mol. The van der Waals surface area contributed by atoms with Gasteiger partial charge in [0.05, 0.1) is 6.20 Å². The van der Waals surface area contributed by atoms with Crippen LogP contribution in [-0.4, -0.2) is 26.0 Å². The van der Waals surface area contributed by atoms with Crippen LogP contribution in [-0.2, 0) is 20.1 Å². The van der Waals surface area contributed by atoms with E-state index in [4.69, 9.17) is 5.11 Å². The van der Waals surface area contributed by atoms with Gasteiger partial charge in [0.2, 0.25) is 0 Å². The van der Waals surface area contributed by atoms with Crippen molar-refractivity contribution in [2.45, 2.75) is 0 Å². The van der Waals surface area contributed by atoms with E-state index >= 15 is 0 Å². The van der Waals surface area contributed by atoms with Crippen molar-refractivity contribution in [3.63, 3.8) is 0 Å². The average Bonchev–Trinajstić information content (AvgIpc) is 2.57. The van der Waals surface area contributed by atoms with Gasteiger partial charge in [0.25, 0.3) is 0 Å². The molecule has 2 aromatic heterocycles. The first-order valence-corrected chi connectivity index (χ1v) is 6.35. The van der Waals surface area contributed by atoms with Crippen LogP contribution >= 0.6 is 0 Å². The molecule has 0 saturated carbocycles. The maximum absolute atomic E-state index is 13.2. The number of pyridine rings is 1. The van der Waals surface area contributed by atoms with E-state index in [-0.39, 0.29) is 31.4 Å². The minimum absolute atomic E-state index is 0. The molecule has 5 nitrogen and oxygen atoms in total. The first-order chi connectivity index (χ1) is 11.1. The average molecular weight is 506 g/mol. The summed E-state index contributed by atoms with van der Waals surface area (Å²) in [6.45, 7) is 0. The van der Waals surface area contributed by atoms with Gasteiger partial charge in [-0.1, -0.05) is 23.8 Å². The number of aromatic nitrogens is 3. The summed E-state index contributed by atoms with van der Waals surface area (Å²) in [5.74, 6) is -2.34. The smallest absolute Gasteiger partial charge is 0.356 e. The van der Waals surface area contributed by atoms with E-state index in [2.05, 4.69) is 21.0 Å². The van der Waals surface area contributed by atoms with Gasteiger partial charge in [0, 0.05) is 50.3 Å². The molecule has 1 radical (unpaired) electrons. The molecule has 0 aliphatic carbocycles. The summed E-state index contributed by atoms with van der Waals surface area (Å²) in [6.07, 6.45) is 5.50. The van der Waals surface area contributed by atoms with E-state index in [1.165, 1.54) is 18.6 Å². The Bertz CT molecular complexity index is 790. The molecular weight excluding hydrogens is 496 g/mol.